The molecule has 1 heterocycles. The molecule has 7 nitrogen and oxygen atoms in total. The number of nitrogens with zero attached hydrogens (tertiary/aromatic N) is 2. The highest BCUT2D eigenvalue weighted by atomic mass is 19.1. The average molecular weight is 475 g/mol. The summed E-state index contributed by atoms with van der Waals surface area (Å²) in [6.07, 6.45) is 3.49. The van der Waals surface area contributed by atoms with Gasteiger partial charge in [-0.3, -0.25) is 14.9 Å². The van der Waals surface area contributed by atoms with Gasteiger partial charge in [-0.15, -0.1) is 0 Å². The van der Waals surface area contributed by atoms with Gasteiger partial charge in [0.2, 0.25) is 5.91 Å². The highest BCUT2D eigenvalue weighted by Crippen LogP contribution is 2.32. The first kappa shape index (κ1) is 25.6. The molecule has 1 aliphatic heterocycles. The third-order valence-electron chi connectivity index (χ3n) is 6.10. The predicted octanol–water partition coefficient (Wildman–Crippen LogP) is 3.84. The molecule has 0 radical (unpaired) electrons. The number of carbonyl (C=O) groups is 2. The third-order valence-corrected chi connectivity index (χ3v) is 6.10. The third kappa shape index (κ3) is 6.98. The van der Waals surface area contributed by atoms with E-state index in [4.69, 9.17) is 5.21 Å². The summed E-state index contributed by atoms with van der Waals surface area (Å²) < 4.78 is 29.3. The summed E-state index contributed by atoms with van der Waals surface area (Å²) in [4.78, 5) is 27.2. The first-order chi connectivity index (χ1) is 16.5. The fraction of sp³-hybridized carbons (Fsp3) is 0.440. The SMILES string of the molecule is O=C(CCCCCCNC(=O)N1CCN(C(c2ccccc2F)c2ccccc2F)CC1)NO. The Morgan fingerprint density at radius 1 is 0.853 bits per heavy atom. The number of rotatable bonds is 10. The van der Waals surface area contributed by atoms with E-state index in [9.17, 15) is 18.4 Å². The number of piperazine rings is 1. The maximum Gasteiger partial charge on any atom is 0.317 e. The number of halogens is 2. The molecule has 0 aromatic heterocycles. The lowest BCUT2D eigenvalue weighted by molar-refractivity contribution is -0.129. The van der Waals surface area contributed by atoms with Gasteiger partial charge in [-0.2, -0.15) is 0 Å². The van der Waals surface area contributed by atoms with E-state index >= 15 is 0 Å². The van der Waals surface area contributed by atoms with Gasteiger partial charge in [0.1, 0.15) is 11.6 Å². The quantitative estimate of drug-likeness (QED) is 0.278. The second-order valence-electron chi connectivity index (χ2n) is 8.40. The lowest BCUT2D eigenvalue weighted by Gasteiger charge is -2.39. The minimum absolute atomic E-state index is 0.146. The van der Waals surface area contributed by atoms with E-state index in [1.807, 2.05) is 4.90 Å². The van der Waals surface area contributed by atoms with Gasteiger partial charge in [0, 0.05) is 50.3 Å². The molecule has 184 valence electrons. The number of urea groups is 1. The van der Waals surface area contributed by atoms with Crippen LogP contribution in [0.25, 0.3) is 0 Å². The predicted molar refractivity (Wildman–Crippen MR) is 124 cm³/mol. The number of amides is 3. The molecule has 34 heavy (non-hydrogen) atoms. The fourth-order valence-electron chi connectivity index (χ4n) is 4.26. The van der Waals surface area contributed by atoms with E-state index in [0.29, 0.717) is 50.3 Å². The van der Waals surface area contributed by atoms with E-state index < -0.39 is 6.04 Å². The standard InChI is InChI=1S/C25H32F2N4O3/c26-21-11-6-4-9-19(21)24(20-10-5-7-12-22(20)27)30-15-17-31(18-16-30)25(33)28-14-8-2-1-3-13-23(32)29-34/h4-7,9-12,24,34H,1-3,8,13-18H2,(H,28,33)(H,29,32). The maximum absolute atomic E-state index is 14.7. The summed E-state index contributed by atoms with van der Waals surface area (Å²) in [5, 5.41) is 11.4. The molecule has 0 spiro atoms. The van der Waals surface area contributed by atoms with Crippen molar-refractivity contribution in [1.29, 1.82) is 0 Å². The molecule has 1 saturated heterocycles. The van der Waals surface area contributed by atoms with E-state index in [0.717, 1.165) is 19.3 Å². The lowest BCUT2D eigenvalue weighted by atomic mass is 9.95. The van der Waals surface area contributed by atoms with Crippen molar-refractivity contribution in [2.45, 2.75) is 38.1 Å². The molecule has 3 rings (SSSR count). The van der Waals surface area contributed by atoms with Gasteiger partial charge in [-0.1, -0.05) is 49.2 Å². The zero-order valence-corrected chi connectivity index (χ0v) is 19.2. The monoisotopic (exact) mass is 474 g/mol. The van der Waals surface area contributed by atoms with Crippen molar-refractivity contribution >= 4 is 11.9 Å². The Labute approximate surface area is 198 Å². The highest BCUT2D eigenvalue weighted by molar-refractivity contribution is 5.74. The number of benzene rings is 2. The van der Waals surface area contributed by atoms with Gasteiger partial charge in [-0.05, 0) is 25.0 Å². The Hall–Kier alpha value is -3.04. The van der Waals surface area contributed by atoms with Crippen LogP contribution in [-0.2, 0) is 4.79 Å². The first-order valence-corrected chi connectivity index (χ1v) is 11.7. The highest BCUT2D eigenvalue weighted by Gasteiger charge is 2.31. The van der Waals surface area contributed by atoms with E-state index in [2.05, 4.69) is 5.32 Å². The molecule has 0 aliphatic carbocycles. The van der Waals surface area contributed by atoms with Crippen LogP contribution in [0.5, 0.6) is 0 Å². The second kappa shape index (κ2) is 13.0. The summed E-state index contributed by atoms with van der Waals surface area (Å²) in [5.41, 5.74) is 2.45. The van der Waals surface area contributed by atoms with Gasteiger partial charge in [0.25, 0.3) is 0 Å². The van der Waals surface area contributed by atoms with Crippen LogP contribution < -0.4 is 10.8 Å². The second-order valence-corrected chi connectivity index (χ2v) is 8.40. The minimum atomic E-state index is -0.569. The molecule has 2 aromatic carbocycles. The van der Waals surface area contributed by atoms with Crippen molar-refractivity contribution in [3.8, 4) is 0 Å². The summed E-state index contributed by atoms with van der Waals surface area (Å²) in [7, 11) is 0. The molecule has 0 bridgehead atoms. The van der Waals surface area contributed by atoms with Gasteiger partial charge in [0.15, 0.2) is 0 Å². The molecular weight excluding hydrogens is 442 g/mol. The van der Waals surface area contributed by atoms with Crippen LogP contribution in [0.1, 0.15) is 49.3 Å². The first-order valence-electron chi connectivity index (χ1n) is 11.7. The van der Waals surface area contributed by atoms with Crippen LogP contribution in [-0.4, -0.2) is 59.7 Å². The van der Waals surface area contributed by atoms with Crippen LogP contribution in [0, 0.1) is 11.6 Å². The van der Waals surface area contributed by atoms with Crippen molar-refractivity contribution in [2.75, 3.05) is 32.7 Å². The van der Waals surface area contributed by atoms with Gasteiger partial charge in [0.05, 0.1) is 6.04 Å². The molecule has 2 aromatic rings. The van der Waals surface area contributed by atoms with Gasteiger partial charge >= 0.3 is 6.03 Å². The number of carbonyl (C=O) groups excluding carboxylic acids is 2. The summed E-state index contributed by atoms with van der Waals surface area (Å²) >= 11 is 0. The molecule has 0 atom stereocenters. The van der Waals surface area contributed by atoms with E-state index in [1.54, 1.807) is 46.8 Å². The number of unbranched alkanes of at least 4 members (excludes halogenated alkanes) is 3. The average Bonchev–Trinajstić information content (AvgIpc) is 2.86. The molecule has 3 amide bonds. The normalized spacial score (nSPS) is 14.3. The van der Waals surface area contributed by atoms with Crippen molar-refractivity contribution in [2.24, 2.45) is 0 Å². The zero-order valence-electron chi connectivity index (χ0n) is 19.2. The van der Waals surface area contributed by atoms with Gasteiger partial charge in [-0.25, -0.2) is 19.1 Å². The summed E-state index contributed by atoms with van der Waals surface area (Å²) in [6, 6.07) is 12.1. The summed E-state index contributed by atoms with van der Waals surface area (Å²) in [5.74, 6) is -1.15. The number of hydrogen-bond donors (Lipinski definition) is 3. The zero-order chi connectivity index (χ0) is 24.3. The smallest absolute Gasteiger partial charge is 0.317 e. The van der Waals surface area contributed by atoms with Crippen LogP contribution in [0.3, 0.4) is 0 Å². The Balaban J connectivity index is 1.51. The Bertz CT molecular complexity index is 906. The Morgan fingerprint density at radius 2 is 1.41 bits per heavy atom. The van der Waals surface area contributed by atoms with Crippen molar-refractivity contribution in [3.05, 3.63) is 71.3 Å². The van der Waals surface area contributed by atoms with Crippen LogP contribution in [0.2, 0.25) is 0 Å². The molecule has 1 aliphatic rings. The van der Waals surface area contributed by atoms with Crippen LogP contribution in [0.15, 0.2) is 48.5 Å². The van der Waals surface area contributed by atoms with Crippen molar-refractivity contribution < 1.29 is 23.6 Å². The number of nitrogens with one attached hydrogen (secondary N) is 2. The molecule has 1 fully saturated rings. The van der Waals surface area contributed by atoms with Crippen molar-refractivity contribution in [1.82, 2.24) is 20.6 Å². The minimum Gasteiger partial charge on any atom is -0.338 e. The number of hydrogen-bond acceptors (Lipinski definition) is 4. The number of hydroxylamine groups is 1. The van der Waals surface area contributed by atoms with Crippen LogP contribution in [0.4, 0.5) is 13.6 Å². The topological polar surface area (TPSA) is 84.9 Å². The lowest BCUT2D eigenvalue weighted by Crippen LogP contribution is -2.52. The molecular formula is C25H32F2N4O3. The molecule has 9 heteroatoms. The largest absolute Gasteiger partial charge is 0.338 e. The van der Waals surface area contributed by atoms with Crippen molar-refractivity contribution in [3.63, 3.8) is 0 Å². The Kier molecular flexibility index (Phi) is 9.78. The fourth-order valence-corrected chi connectivity index (χ4v) is 4.26. The summed E-state index contributed by atoms with van der Waals surface area (Å²) in [6.45, 7) is 2.45. The maximum atomic E-state index is 14.7. The van der Waals surface area contributed by atoms with Crippen LogP contribution >= 0.6 is 0 Å². The molecule has 0 unspecified atom stereocenters. The van der Waals surface area contributed by atoms with Gasteiger partial charge < -0.3 is 10.2 Å². The molecule has 0 saturated carbocycles. The van der Waals surface area contributed by atoms with E-state index in [-0.39, 0.29) is 30.0 Å². The van der Waals surface area contributed by atoms with E-state index in [1.165, 1.54) is 12.1 Å². The molecule has 3 N–H and O–H groups in total. The Morgan fingerprint density at radius 3 is 1.97 bits per heavy atom.